The van der Waals surface area contributed by atoms with Gasteiger partial charge in [0, 0.05) is 28.4 Å². The number of rotatable bonds is 5. The van der Waals surface area contributed by atoms with Crippen molar-refractivity contribution in [3.63, 3.8) is 0 Å². The summed E-state index contributed by atoms with van der Waals surface area (Å²) >= 11 is 0. The summed E-state index contributed by atoms with van der Waals surface area (Å²) in [5.41, 5.74) is 0. The van der Waals surface area contributed by atoms with Crippen molar-refractivity contribution in [1.29, 1.82) is 0 Å². The summed E-state index contributed by atoms with van der Waals surface area (Å²) in [6, 6.07) is 0. The van der Waals surface area contributed by atoms with E-state index in [0.29, 0.717) is 6.23 Å². The van der Waals surface area contributed by atoms with Crippen molar-refractivity contribution in [2.45, 2.75) is 6.92 Å². The van der Waals surface area contributed by atoms with Crippen molar-refractivity contribution < 1.29 is 18.0 Å². The molecule has 0 saturated heterocycles. The molecule has 0 spiro atoms. The molecular formula is C8H20O4Si. The topological polar surface area (TPSA) is 36.9 Å². The summed E-state index contributed by atoms with van der Waals surface area (Å²) in [4.78, 5) is 0. The quantitative estimate of drug-likeness (QED) is 0.503. The van der Waals surface area contributed by atoms with Crippen molar-refractivity contribution in [2.24, 2.45) is 0 Å². The molecule has 0 N–H and O–H groups in total. The maximum Gasteiger partial charge on any atom is 0.527 e. The van der Waals surface area contributed by atoms with Crippen LogP contribution in [0.4, 0.5) is 0 Å². The van der Waals surface area contributed by atoms with E-state index < -0.39 is 8.80 Å². The van der Waals surface area contributed by atoms with Gasteiger partial charge in [-0.1, -0.05) is 6.08 Å². The first-order chi connectivity index (χ1) is 6.16. The summed E-state index contributed by atoms with van der Waals surface area (Å²) < 4.78 is 20.0. The van der Waals surface area contributed by atoms with Crippen LogP contribution in [0, 0.1) is 0 Å². The third-order valence-corrected chi connectivity index (χ3v) is 3.76. The Morgan fingerprint density at radius 3 is 1.46 bits per heavy atom. The van der Waals surface area contributed by atoms with Crippen LogP contribution in [0.2, 0.25) is 0 Å². The van der Waals surface area contributed by atoms with Crippen LogP contribution < -0.4 is 0 Å². The number of ether oxygens (including phenoxy) is 1. The summed E-state index contributed by atoms with van der Waals surface area (Å²) in [5, 5.41) is 0. The lowest BCUT2D eigenvalue weighted by molar-refractivity contribution is 0.0809. The van der Waals surface area contributed by atoms with Crippen molar-refractivity contribution in [3.05, 3.63) is 12.7 Å². The molecule has 0 saturated carbocycles. The van der Waals surface area contributed by atoms with E-state index >= 15 is 0 Å². The fourth-order valence-corrected chi connectivity index (χ4v) is 1.81. The van der Waals surface area contributed by atoms with Gasteiger partial charge >= 0.3 is 8.80 Å². The van der Waals surface area contributed by atoms with Crippen LogP contribution in [0.3, 0.4) is 0 Å². The van der Waals surface area contributed by atoms with Gasteiger partial charge in [0.1, 0.15) is 6.23 Å². The number of allylic oxidation sites excluding steroid dienone is 1. The van der Waals surface area contributed by atoms with Gasteiger partial charge in [-0.3, -0.25) is 0 Å². The molecule has 0 amide bonds. The summed E-state index contributed by atoms with van der Waals surface area (Å²) in [6.07, 6.45) is 2.14. The minimum atomic E-state index is -2.44. The van der Waals surface area contributed by atoms with Crippen LogP contribution >= 0.6 is 0 Å². The van der Waals surface area contributed by atoms with Gasteiger partial charge < -0.3 is 18.0 Å². The zero-order chi connectivity index (χ0) is 10.7. The standard InChI is InChI=1S/C5H14O4Si.C3H6/c1-6-5-10(7-2,8-3)9-4;1-3-2/h5H2,1-4H3;3H,1H2,2H3. The summed E-state index contributed by atoms with van der Waals surface area (Å²) in [6.45, 7) is 5.25. The molecule has 0 aliphatic carbocycles. The van der Waals surface area contributed by atoms with Gasteiger partial charge in [-0.25, -0.2) is 0 Å². The largest absolute Gasteiger partial charge is 0.527 e. The van der Waals surface area contributed by atoms with Crippen LogP contribution in [0.5, 0.6) is 0 Å². The van der Waals surface area contributed by atoms with Gasteiger partial charge in [-0.05, 0) is 6.92 Å². The Morgan fingerprint density at radius 2 is 1.38 bits per heavy atom. The van der Waals surface area contributed by atoms with Crippen LogP contribution in [-0.2, 0) is 18.0 Å². The third-order valence-electron chi connectivity index (χ3n) is 1.25. The highest BCUT2D eigenvalue weighted by Gasteiger charge is 2.37. The van der Waals surface area contributed by atoms with E-state index in [4.69, 9.17) is 18.0 Å². The van der Waals surface area contributed by atoms with Crippen molar-refractivity contribution in [2.75, 3.05) is 34.7 Å². The van der Waals surface area contributed by atoms with Crippen LogP contribution in [0.15, 0.2) is 12.7 Å². The minimum absolute atomic E-state index is 0.385. The second-order valence-electron chi connectivity index (χ2n) is 2.14. The highest BCUT2D eigenvalue weighted by molar-refractivity contribution is 6.60. The molecule has 0 heterocycles. The highest BCUT2D eigenvalue weighted by Crippen LogP contribution is 2.04. The van der Waals surface area contributed by atoms with E-state index in [0.717, 1.165) is 0 Å². The van der Waals surface area contributed by atoms with E-state index in [-0.39, 0.29) is 0 Å². The lowest BCUT2D eigenvalue weighted by Crippen LogP contribution is -2.47. The predicted octanol–water partition coefficient (Wildman–Crippen LogP) is 1.24. The molecule has 0 aliphatic heterocycles. The molecule has 0 rings (SSSR count). The zero-order valence-corrected chi connectivity index (χ0v) is 10.1. The summed E-state index contributed by atoms with van der Waals surface area (Å²) in [7, 11) is 3.80. The molecule has 0 aromatic carbocycles. The molecule has 0 aromatic rings. The highest BCUT2D eigenvalue weighted by atomic mass is 28.4. The Bertz CT molecular complexity index is 106. The third kappa shape index (κ3) is 6.91. The van der Waals surface area contributed by atoms with Gasteiger partial charge in [0.2, 0.25) is 0 Å². The molecule has 13 heavy (non-hydrogen) atoms. The lowest BCUT2D eigenvalue weighted by atomic mass is 10.8. The Labute approximate surface area is 81.8 Å². The maximum absolute atomic E-state index is 5.05. The fourth-order valence-electron chi connectivity index (χ4n) is 0.604. The van der Waals surface area contributed by atoms with Gasteiger partial charge in [0.15, 0.2) is 0 Å². The molecule has 80 valence electrons. The zero-order valence-electron chi connectivity index (χ0n) is 9.12. The van der Waals surface area contributed by atoms with Crippen molar-refractivity contribution >= 4 is 8.80 Å². The smallest absolute Gasteiger partial charge is 0.380 e. The van der Waals surface area contributed by atoms with Crippen LogP contribution in [-0.4, -0.2) is 43.5 Å². The molecular weight excluding hydrogens is 188 g/mol. The monoisotopic (exact) mass is 208 g/mol. The van der Waals surface area contributed by atoms with Crippen molar-refractivity contribution in [1.82, 2.24) is 0 Å². The van der Waals surface area contributed by atoms with E-state index in [2.05, 4.69) is 6.58 Å². The molecule has 0 unspecified atom stereocenters. The molecule has 0 fully saturated rings. The molecule has 0 aromatic heterocycles. The molecule has 0 atom stereocenters. The maximum atomic E-state index is 5.05. The second-order valence-corrected chi connectivity index (χ2v) is 5.02. The first-order valence-electron chi connectivity index (χ1n) is 3.87. The van der Waals surface area contributed by atoms with Gasteiger partial charge in [-0.2, -0.15) is 0 Å². The number of hydrogen-bond acceptors (Lipinski definition) is 4. The average Bonchev–Trinajstić information content (AvgIpc) is 2.16. The number of methoxy groups -OCH3 is 1. The predicted molar refractivity (Wildman–Crippen MR) is 54.5 cm³/mol. The first-order valence-corrected chi connectivity index (χ1v) is 5.81. The van der Waals surface area contributed by atoms with Gasteiger partial charge in [0.25, 0.3) is 0 Å². The Hall–Kier alpha value is -0.203. The van der Waals surface area contributed by atoms with E-state index in [1.807, 2.05) is 6.92 Å². The Morgan fingerprint density at radius 1 is 1.08 bits per heavy atom. The first kappa shape index (κ1) is 15.3. The minimum Gasteiger partial charge on any atom is -0.380 e. The fraction of sp³-hybridized carbons (Fsp3) is 0.750. The molecule has 4 nitrogen and oxygen atoms in total. The normalized spacial score (nSPS) is 10.2. The Kier molecular flexibility index (Phi) is 11.6. The van der Waals surface area contributed by atoms with Crippen LogP contribution in [0.25, 0.3) is 0 Å². The molecule has 0 aliphatic rings. The van der Waals surface area contributed by atoms with E-state index in [9.17, 15) is 0 Å². The van der Waals surface area contributed by atoms with Crippen LogP contribution in [0.1, 0.15) is 6.92 Å². The molecule has 5 heteroatoms. The lowest BCUT2D eigenvalue weighted by Gasteiger charge is -2.22. The molecule has 0 bridgehead atoms. The van der Waals surface area contributed by atoms with Gasteiger partial charge in [0.05, 0.1) is 0 Å². The SMILES string of the molecule is C=CC.COC[Si](OC)(OC)OC. The number of hydrogen-bond donors (Lipinski definition) is 0. The summed E-state index contributed by atoms with van der Waals surface area (Å²) in [5.74, 6) is 0. The van der Waals surface area contributed by atoms with E-state index in [1.54, 1.807) is 34.5 Å². The second kappa shape index (κ2) is 9.88. The van der Waals surface area contributed by atoms with E-state index in [1.165, 1.54) is 0 Å². The average molecular weight is 208 g/mol. The van der Waals surface area contributed by atoms with Crippen molar-refractivity contribution in [3.8, 4) is 0 Å². The van der Waals surface area contributed by atoms with Gasteiger partial charge in [-0.15, -0.1) is 6.58 Å². The Balaban J connectivity index is 0. The molecule has 0 radical (unpaired) electrons.